The van der Waals surface area contributed by atoms with Crippen LogP contribution in [-0.2, 0) is 6.42 Å². The molecular weight excluding hydrogens is 508 g/mol. The highest BCUT2D eigenvalue weighted by molar-refractivity contribution is 5.91. The van der Waals surface area contributed by atoms with Crippen LogP contribution in [-0.4, -0.2) is 9.13 Å². The Morgan fingerprint density at radius 1 is 0.857 bits per heavy atom. The van der Waals surface area contributed by atoms with Gasteiger partial charge in [0.05, 0.1) is 11.2 Å². The summed E-state index contributed by atoms with van der Waals surface area (Å²) in [5.41, 5.74) is 11.4. The lowest BCUT2D eigenvalue weighted by atomic mass is 9.85. The molecule has 1 unspecified atom stereocenters. The number of fused-ring (bicyclic) bond motifs is 3. The molecule has 2 nitrogen and oxygen atoms in total. The zero-order valence-corrected chi connectivity index (χ0v) is 23.8. The number of hydrogen-bond donors (Lipinski definition) is 0. The summed E-state index contributed by atoms with van der Waals surface area (Å²) >= 11 is 0. The first-order valence-corrected chi connectivity index (χ1v) is 14.3. The third-order valence-electron chi connectivity index (χ3n) is 8.01. The molecule has 1 aliphatic carbocycles. The maximum Gasteiger partial charge on any atom is 0.0531 e. The number of para-hydroxylation sites is 2. The van der Waals surface area contributed by atoms with Crippen molar-refractivity contribution in [1.82, 2.24) is 9.13 Å². The van der Waals surface area contributed by atoms with E-state index < -0.39 is 0 Å². The fourth-order valence-electron chi connectivity index (χ4n) is 5.96. The van der Waals surface area contributed by atoms with E-state index in [4.69, 9.17) is 0 Å². The first-order chi connectivity index (χ1) is 20.6. The van der Waals surface area contributed by atoms with Crippen molar-refractivity contribution < 1.29 is 0 Å². The maximum absolute atomic E-state index is 4.43. The first kappa shape index (κ1) is 26.9. The van der Waals surface area contributed by atoms with Gasteiger partial charge in [0.2, 0.25) is 0 Å². The molecule has 0 N–H and O–H groups in total. The predicted octanol–water partition coefficient (Wildman–Crippen LogP) is 10.5. The molecule has 0 fully saturated rings. The van der Waals surface area contributed by atoms with Crippen LogP contribution in [0.1, 0.15) is 45.3 Å². The molecule has 0 radical (unpaired) electrons. The lowest BCUT2D eigenvalue weighted by Gasteiger charge is -2.19. The molecule has 2 heterocycles. The molecule has 0 spiro atoms. The number of nitrogens with zero attached hydrogens (tertiary/aromatic N) is 2. The third kappa shape index (κ3) is 4.88. The van der Waals surface area contributed by atoms with Gasteiger partial charge < -0.3 is 9.13 Å². The Bertz CT molecular complexity index is 1920. The van der Waals surface area contributed by atoms with E-state index in [2.05, 4.69) is 133 Å². The quantitative estimate of drug-likeness (QED) is 0.164. The van der Waals surface area contributed by atoms with E-state index in [1.165, 1.54) is 27.7 Å². The SMILES string of the molecule is C=C/C=C/n1c2c(c3ccccc31)CC(c1cccc(C(=C)/C=C\c3cc(C=C)c(C=C)n3-c3ccccc3)c1)C=C2. The van der Waals surface area contributed by atoms with Crippen LogP contribution >= 0.6 is 0 Å². The largest absolute Gasteiger partial charge is 0.316 e. The van der Waals surface area contributed by atoms with Crippen LogP contribution in [0.4, 0.5) is 0 Å². The van der Waals surface area contributed by atoms with E-state index in [9.17, 15) is 0 Å². The molecule has 0 saturated carbocycles. The average Bonchev–Trinajstić information content (AvgIpc) is 3.57. The Balaban J connectivity index is 1.30. The van der Waals surface area contributed by atoms with Crippen molar-refractivity contribution in [3.05, 3.63) is 175 Å². The molecular formula is C40H34N2. The van der Waals surface area contributed by atoms with Gasteiger partial charge in [-0.15, -0.1) is 0 Å². The molecule has 2 aromatic heterocycles. The highest BCUT2D eigenvalue weighted by Crippen LogP contribution is 2.37. The van der Waals surface area contributed by atoms with Gasteiger partial charge in [0.1, 0.15) is 0 Å². The van der Waals surface area contributed by atoms with Crippen molar-refractivity contribution in [1.29, 1.82) is 0 Å². The van der Waals surface area contributed by atoms with E-state index in [1.807, 2.05) is 42.5 Å². The van der Waals surface area contributed by atoms with Crippen molar-refractivity contribution >= 4 is 47.0 Å². The summed E-state index contributed by atoms with van der Waals surface area (Å²) in [5.74, 6) is 0.289. The Kier molecular flexibility index (Phi) is 7.45. The van der Waals surface area contributed by atoms with Crippen molar-refractivity contribution in [3.8, 4) is 5.69 Å². The van der Waals surface area contributed by atoms with Crippen LogP contribution < -0.4 is 0 Å². The molecule has 0 bridgehead atoms. The minimum Gasteiger partial charge on any atom is -0.316 e. The lowest BCUT2D eigenvalue weighted by Crippen LogP contribution is -2.06. The Labute approximate surface area is 248 Å². The van der Waals surface area contributed by atoms with E-state index in [-0.39, 0.29) is 5.92 Å². The summed E-state index contributed by atoms with van der Waals surface area (Å²) in [6.45, 7) is 16.4. The van der Waals surface area contributed by atoms with Gasteiger partial charge in [-0.2, -0.15) is 0 Å². The molecule has 1 atom stereocenters. The summed E-state index contributed by atoms with van der Waals surface area (Å²) in [6.07, 6.45) is 19.4. The molecule has 0 saturated heterocycles. The summed E-state index contributed by atoms with van der Waals surface area (Å²) in [7, 11) is 0. The van der Waals surface area contributed by atoms with Crippen molar-refractivity contribution in [2.45, 2.75) is 12.3 Å². The van der Waals surface area contributed by atoms with Crippen LogP contribution in [0.25, 0.3) is 52.7 Å². The van der Waals surface area contributed by atoms with Crippen LogP contribution in [0.2, 0.25) is 0 Å². The van der Waals surface area contributed by atoms with E-state index in [1.54, 1.807) is 0 Å². The highest BCUT2D eigenvalue weighted by atomic mass is 15.0. The lowest BCUT2D eigenvalue weighted by molar-refractivity contribution is 0.827. The third-order valence-corrected chi connectivity index (χ3v) is 8.01. The standard InChI is InChI=1S/C40H34N2/c1-5-8-25-41-39-20-13-12-19-36(39)37-28-33(22-24-40(37)41)32-16-14-15-31(26-32)29(4)21-23-35-27-30(6-2)38(7-3)42(35)34-17-10-9-11-18-34/h5-27,33H,1-4,28H2/b23-21-,25-8+. The second-order valence-corrected chi connectivity index (χ2v) is 10.5. The van der Waals surface area contributed by atoms with Gasteiger partial charge in [0, 0.05) is 34.6 Å². The Hall–Kier alpha value is -5.34. The normalized spacial score (nSPS) is 14.4. The van der Waals surface area contributed by atoms with Gasteiger partial charge in [0.25, 0.3) is 0 Å². The molecule has 1 aliphatic rings. The molecule has 42 heavy (non-hydrogen) atoms. The number of aromatic nitrogens is 2. The van der Waals surface area contributed by atoms with E-state index >= 15 is 0 Å². The van der Waals surface area contributed by atoms with Crippen LogP contribution in [0, 0.1) is 0 Å². The van der Waals surface area contributed by atoms with Crippen molar-refractivity contribution in [3.63, 3.8) is 0 Å². The van der Waals surface area contributed by atoms with Gasteiger partial charge in [0.15, 0.2) is 0 Å². The summed E-state index contributed by atoms with van der Waals surface area (Å²) in [5, 5.41) is 1.30. The maximum atomic E-state index is 4.43. The first-order valence-electron chi connectivity index (χ1n) is 14.3. The summed E-state index contributed by atoms with van der Waals surface area (Å²) in [6, 6.07) is 29.9. The van der Waals surface area contributed by atoms with Crippen molar-refractivity contribution in [2.75, 3.05) is 0 Å². The van der Waals surface area contributed by atoms with Gasteiger partial charge in [-0.3, -0.25) is 0 Å². The number of allylic oxidation sites excluding steroid dienone is 5. The summed E-state index contributed by atoms with van der Waals surface area (Å²) in [4.78, 5) is 0. The van der Waals surface area contributed by atoms with E-state index in [0.717, 1.165) is 40.2 Å². The van der Waals surface area contributed by atoms with Crippen LogP contribution in [0.5, 0.6) is 0 Å². The van der Waals surface area contributed by atoms with Crippen LogP contribution in [0.15, 0.2) is 136 Å². The minimum atomic E-state index is 0.289. The van der Waals surface area contributed by atoms with Gasteiger partial charge in [-0.1, -0.05) is 111 Å². The van der Waals surface area contributed by atoms with Gasteiger partial charge in [-0.25, -0.2) is 0 Å². The highest BCUT2D eigenvalue weighted by Gasteiger charge is 2.22. The fraction of sp³-hybridized carbons (Fsp3) is 0.0500. The van der Waals surface area contributed by atoms with Gasteiger partial charge in [-0.05, 0) is 82.8 Å². The van der Waals surface area contributed by atoms with Crippen LogP contribution in [0.3, 0.4) is 0 Å². The number of rotatable bonds is 9. The topological polar surface area (TPSA) is 9.86 Å². The smallest absolute Gasteiger partial charge is 0.0531 e. The fourth-order valence-corrected chi connectivity index (χ4v) is 5.96. The minimum absolute atomic E-state index is 0.289. The second kappa shape index (κ2) is 11.6. The van der Waals surface area contributed by atoms with Gasteiger partial charge >= 0.3 is 0 Å². The molecule has 3 aromatic carbocycles. The molecule has 2 heteroatoms. The monoisotopic (exact) mass is 542 g/mol. The zero-order chi connectivity index (χ0) is 29.1. The predicted molar refractivity (Wildman–Crippen MR) is 183 cm³/mol. The Morgan fingerprint density at radius 3 is 2.45 bits per heavy atom. The molecule has 0 aliphatic heterocycles. The second-order valence-electron chi connectivity index (χ2n) is 10.5. The molecule has 5 aromatic rings. The zero-order valence-electron chi connectivity index (χ0n) is 23.8. The molecule has 6 rings (SSSR count). The summed E-state index contributed by atoms with van der Waals surface area (Å²) < 4.78 is 4.47. The van der Waals surface area contributed by atoms with Crippen molar-refractivity contribution in [2.24, 2.45) is 0 Å². The number of benzene rings is 3. The molecule has 0 amide bonds. The Morgan fingerprint density at radius 2 is 1.67 bits per heavy atom. The van der Waals surface area contributed by atoms with E-state index in [0.29, 0.717) is 0 Å². The average molecular weight is 543 g/mol. The molecule has 204 valence electrons. The number of hydrogen-bond acceptors (Lipinski definition) is 0.